The summed E-state index contributed by atoms with van der Waals surface area (Å²) in [5.74, 6) is 0.306. The summed E-state index contributed by atoms with van der Waals surface area (Å²) in [5, 5.41) is 5.72. The Balaban J connectivity index is 1.84. The van der Waals surface area contributed by atoms with Gasteiger partial charge in [0.1, 0.15) is 12.4 Å². The van der Waals surface area contributed by atoms with Crippen LogP contribution in [0.3, 0.4) is 0 Å². The van der Waals surface area contributed by atoms with E-state index < -0.39 is 5.41 Å². The van der Waals surface area contributed by atoms with E-state index in [0.29, 0.717) is 29.3 Å². The van der Waals surface area contributed by atoms with Gasteiger partial charge in [-0.25, -0.2) is 0 Å². The van der Waals surface area contributed by atoms with Crippen molar-refractivity contribution in [2.24, 2.45) is 5.41 Å². The number of carbonyl (C=O) groups is 2. The lowest BCUT2D eigenvalue weighted by atomic mass is 9.94. The second-order valence-electron chi connectivity index (χ2n) is 6.61. The number of nitrogens with one attached hydrogen (secondary N) is 2. The SMILES string of the molecule is Cc1ccccc1C(=O)Nc1ccc2c(c1)NC(=O)C(C)(C)CO2. The van der Waals surface area contributed by atoms with Gasteiger partial charge in [0.2, 0.25) is 5.91 Å². The number of carbonyl (C=O) groups excluding carboxylic acids is 2. The highest BCUT2D eigenvalue weighted by Crippen LogP contribution is 2.34. The van der Waals surface area contributed by atoms with Crippen molar-refractivity contribution in [1.29, 1.82) is 0 Å². The van der Waals surface area contributed by atoms with Gasteiger partial charge >= 0.3 is 0 Å². The first-order chi connectivity index (χ1) is 11.4. The monoisotopic (exact) mass is 324 g/mol. The zero-order valence-electron chi connectivity index (χ0n) is 14.0. The number of ether oxygens (including phenoxy) is 1. The number of rotatable bonds is 2. The van der Waals surface area contributed by atoms with E-state index in [-0.39, 0.29) is 11.8 Å². The van der Waals surface area contributed by atoms with Gasteiger partial charge in [-0.1, -0.05) is 18.2 Å². The molecule has 0 aliphatic carbocycles. The third kappa shape index (κ3) is 3.11. The molecular weight excluding hydrogens is 304 g/mol. The smallest absolute Gasteiger partial charge is 0.255 e. The number of anilines is 2. The van der Waals surface area contributed by atoms with E-state index in [1.165, 1.54) is 0 Å². The molecular formula is C19H20N2O3. The number of aryl methyl sites for hydroxylation is 1. The molecule has 0 aromatic heterocycles. The van der Waals surface area contributed by atoms with Crippen molar-refractivity contribution in [3.8, 4) is 5.75 Å². The lowest BCUT2D eigenvalue weighted by molar-refractivity contribution is -0.124. The average Bonchev–Trinajstić information content (AvgIpc) is 2.64. The molecule has 0 bridgehead atoms. The number of benzene rings is 2. The molecule has 1 heterocycles. The standard InChI is InChI=1S/C19H20N2O3/c1-12-6-4-5-7-14(12)17(22)20-13-8-9-16-15(10-13)21-18(23)19(2,3)11-24-16/h4-10H,11H2,1-3H3,(H,20,22)(H,21,23). The van der Waals surface area contributed by atoms with Crippen LogP contribution in [0, 0.1) is 12.3 Å². The Morgan fingerprint density at radius 1 is 1.21 bits per heavy atom. The maximum Gasteiger partial charge on any atom is 0.255 e. The van der Waals surface area contributed by atoms with E-state index in [2.05, 4.69) is 10.6 Å². The van der Waals surface area contributed by atoms with Gasteiger partial charge < -0.3 is 15.4 Å². The molecule has 3 rings (SSSR count). The maximum atomic E-state index is 12.4. The summed E-state index contributed by atoms with van der Waals surface area (Å²) < 4.78 is 5.70. The molecule has 1 aliphatic rings. The number of amides is 2. The van der Waals surface area contributed by atoms with Crippen molar-refractivity contribution in [2.45, 2.75) is 20.8 Å². The van der Waals surface area contributed by atoms with Gasteiger partial charge in [0, 0.05) is 11.3 Å². The maximum absolute atomic E-state index is 12.4. The van der Waals surface area contributed by atoms with E-state index in [4.69, 9.17) is 4.74 Å². The third-order valence-electron chi connectivity index (χ3n) is 4.08. The molecule has 2 aromatic rings. The Morgan fingerprint density at radius 2 is 1.96 bits per heavy atom. The van der Waals surface area contributed by atoms with Crippen LogP contribution in [0.1, 0.15) is 29.8 Å². The van der Waals surface area contributed by atoms with Crippen molar-refractivity contribution in [3.63, 3.8) is 0 Å². The minimum Gasteiger partial charge on any atom is -0.490 e. The van der Waals surface area contributed by atoms with Crippen LogP contribution in [0.25, 0.3) is 0 Å². The quantitative estimate of drug-likeness (QED) is 0.887. The molecule has 24 heavy (non-hydrogen) atoms. The van der Waals surface area contributed by atoms with E-state index in [1.807, 2.05) is 39.0 Å². The van der Waals surface area contributed by atoms with Gasteiger partial charge in [-0.15, -0.1) is 0 Å². The van der Waals surface area contributed by atoms with Gasteiger partial charge in [-0.2, -0.15) is 0 Å². The summed E-state index contributed by atoms with van der Waals surface area (Å²) in [6, 6.07) is 12.6. The number of hydrogen-bond donors (Lipinski definition) is 2. The van der Waals surface area contributed by atoms with Crippen LogP contribution in [0.15, 0.2) is 42.5 Å². The molecule has 2 N–H and O–H groups in total. The fourth-order valence-corrected chi connectivity index (χ4v) is 2.47. The zero-order chi connectivity index (χ0) is 17.3. The fraction of sp³-hybridized carbons (Fsp3) is 0.263. The second-order valence-corrected chi connectivity index (χ2v) is 6.61. The first-order valence-corrected chi connectivity index (χ1v) is 7.82. The van der Waals surface area contributed by atoms with Crippen molar-refractivity contribution in [2.75, 3.05) is 17.2 Å². The average molecular weight is 324 g/mol. The molecule has 0 spiro atoms. The molecule has 1 aliphatic heterocycles. The van der Waals surface area contributed by atoms with Crippen LogP contribution >= 0.6 is 0 Å². The number of hydrogen-bond acceptors (Lipinski definition) is 3. The van der Waals surface area contributed by atoms with E-state index in [1.54, 1.807) is 24.3 Å². The fourth-order valence-electron chi connectivity index (χ4n) is 2.47. The summed E-state index contributed by atoms with van der Waals surface area (Å²) >= 11 is 0. The molecule has 2 aromatic carbocycles. The van der Waals surface area contributed by atoms with Gasteiger partial charge in [-0.3, -0.25) is 9.59 Å². The van der Waals surface area contributed by atoms with E-state index in [0.717, 1.165) is 5.56 Å². The third-order valence-corrected chi connectivity index (χ3v) is 4.08. The molecule has 0 fully saturated rings. The van der Waals surface area contributed by atoms with Crippen LogP contribution < -0.4 is 15.4 Å². The van der Waals surface area contributed by atoms with E-state index in [9.17, 15) is 9.59 Å². The summed E-state index contributed by atoms with van der Waals surface area (Å²) in [6.07, 6.45) is 0. The van der Waals surface area contributed by atoms with Gasteiger partial charge in [0.05, 0.1) is 11.1 Å². The van der Waals surface area contributed by atoms with Gasteiger partial charge in [0.15, 0.2) is 0 Å². The molecule has 124 valence electrons. The molecule has 2 amide bonds. The molecule has 0 saturated carbocycles. The first kappa shape index (κ1) is 16.1. The van der Waals surface area contributed by atoms with Crippen LogP contribution in [-0.2, 0) is 4.79 Å². The van der Waals surface area contributed by atoms with Crippen molar-refractivity contribution in [3.05, 3.63) is 53.6 Å². The minimum atomic E-state index is -0.608. The molecule has 0 saturated heterocycles. The Bertz CT molecular complexity index is 812. The lowest BCUT2D eigenvalue weighted by Gasteiger charge is -2.18. The Kier molecular flexibility index (Phi) is 4.01. The van der Waals surface area contributed by atoms with Crippen LogP contribution in [0.4, 0.5) is 11.4 Å². The molecule has 5 heteroatoms. The zero-order valence-corrected chi connectivity index (χ0v) is 14.0. The molecule has 5 nitrogen and oxygen atoms in total. The molecule has 0 unspecified atom stereocenters. The topological polar surface area (TPSA) is 67.4 Å². The van der Waals surface area contributed by atoms with Gasteiger partial charge in [0.25, 0.3) is 5.91 Å². The largest absolute Gasteiger partial charge is 0.490 e. The lowest BCUT2D eigenvalue weighted by Crippen LogP contribution is -2.33. The van der Waals surface area contributed by atoms with Crippen LogP contribution in [0.2, 0.25) is 0 Å². The Morgan fingerprint density at radius 3 is 2.71 bits per heavy atom. The van der Waals surface area contributed by atoms with Crippen LogP contribution in [0.5, 0.6) is 5.75 Å². The highest BCUT2D eigenvalue weighted by Gasteiger charge is 2.32. The Hall–Kier alpha value is -2.82. The summed E-state index contributed by atoms with van der Waals surface area (Å²) in [5.41, 5.74) is 2.08. The van der Waals surface area contributed by atoms with E-state index >= 15 is 0 Å². The predicted octanol–water partition coefficient (Wildman–Crippen LogP) is 3.60. The summed E-state index contributed by atoms with van der Waals surface area (Å²) in [6.45, 7) is 5.85. The summed E-state index contributed by atoms with van der Waals surface area (Å²) in [7, 11) is 0. The van der Waals surface area contributed by atoms with Crippen molar-refractivity contribution >= 4 is 23.2 Å². The van der Waals surface area contributed by atoms with Crippen LogP contribution in [-0.4, -0.2) is 18.4 Å². The second kappa shape index (κ2) is 6.00. The van der Waals surface area contributed by atoms with Crippen molar-refractivity contribution < 1.29 is 14.3 Å². The Labute approximate surface area is 141 Å². The summed E-state index contributed by atoms with van der Waals surface area (Å²) in [4.78, 5) is 24.6. The first-order valence-electron chi connectivity index (χ1n) is 7.82. The normalized spacial score (nSPS) is 15.5. The highest BCUT2D eigenvalue weighted by molar-refractivity contribution is 6.06. The highest BCUT2D eigenvalue weighted by atomic mass is 16.5. The molecule has 0 radical (unpaired) electrons. The van der Waals surface area contributed by atoms with Gasteiger partial charge in [-0.05, 0) is 50.6 Å². The molecule has 0 atom stereocenters. The van der Waals surface area contributed by atoms with Crippen molar-refractivity contribution in [1.82, 2.24) is 0 Å². The minimum absolute atomic E-state index is 0.108. The number of fused-ring (bicyclic) bond motifs is 1. The predicted molar refractivity (Wildman–Crippen MR) is 93.5 cm³/mol.